The summed E-state index contributed by atoms with van der Waals surface area (Å²) in [5.74, 6) is 1.53. The maximum atomic E-state index is 12.5. The van der Waals surface area contributed by atoms with Gasteiger partial charge in [0.15, 0.2) is 0 Å². The summed E-state index contributed by atoms with van der Waals surface area (Å²) >= 11 is 1.38. The molecule has 0 unspecified atom stereocenters. The number of aromatic nitrogens is 1. The number of aryl methyl sites for hydroxylation is 2. The minimum atomic E-state index is -0.0925. The molecule has 3 rings (SSSR count). The number of nitrogens with one attached hydrogen (secondary N) is 1. The number of carbonyl (C=O) groups is 1. The van der Waals surface area contributed by atoms with E-state index in [9.17, 15) is 4.79 Å². The molecule has 0 saturated carbocycles. The first-order valence-electron chi connectivity index (χ1n) is 9.12. The second kappa shape index (κ2) is 9.37. The van der Waals surface area contributed by atoms with Crippen molar-refractivity contribution in [3.8, 4) is 11.5 Å². The first-order valence-corrected chi connectivity index (χ1v) is 9.93. The summed E-state index contributed by atoms with van der Waals surface area (Å²) < 4.78 is 10.9. The third-order valence-corrected chi connectivity index (χ3v) is 5.42. The van der Waals surface area contributed by atoms with E-state index in [-0.39, 0.29) is 5.91 Å². The molecule has 0 saturated heterocycles. The fourth-order valence-electron chi connectivity index (χ4n) is 2.70. The monoisotopic (exact) mass is 396 g/mol. The molecule has 0 aliphatic heterocycles. The molecule has 1 amide bonds. The van der Waals surface area contributed by atoms with Crippen LogP contribution in [0.4, 0.5) is 0 Å². The second-order valence-electron chi connectivity index (χ2n) is 6.48. The number of ether oxygens (including phenoxy) is 2. The average molecular weight is 397 g/mol. The Morgan fingerprint density at radius 3 is 2.39 bits per heavy atom. The fraction of sp³-hybridized carbons (Fsp3) is 0.273. The van der Waals surface area contributed by atoms with Crippen LogP contribution in [0, 0.1) is 13.8 Å². The van der Waals surface area contributed by atoms with Crippen molar-refractivity contribution in [2.24, 2.45) is 0 Å². The third-order valence-electron chi connectivity index (χ3n) is 4.29. The lowest BCUT2D eigenvalue weighted by Crippen LogP contribution is -2.25. The van der Waals surface area contributed by atoms with Crippen molar-refractivity contribution >= 4 is 17.2 Å². The van der Waals surface area contributed by atoms with Crippen LogP contribution in [0.15, 0.2) is 48.5 Å². The molecule has 0 bridgehead atoms. The minimum absolute atomic E-state index is 0.0925. The van der Waals surface area contributed by atoms with Crippen LogP contribution >= 0.6 is 11.3 Å². The first-order chi connectivity index (χ1) is 13.5. The number of hydrogen-bond donors (Lipinski definition) is 1. The number of benzene rings is 2. The highest BCUT2D eigenvalue weighted by atomic mass is 32.1. The van der Waals surface area contributed by atoms with Gasteiger partial charge in [0.2, 0.25) is 0 Å². The highest BCUT2D eigenvalue weighted by Crippen LogP contribution is 2.20. The fourth-order valence-corrected chi connectivity index (χ4v) is 3.59. The van der Waals surface area contributed by atoms with Gasteiger partial charge < -0.3 is 14.8 Å². The Hall–Kier alpha value is -2.86. The van der Waals surface area contributed by atoms with E-state index >= 15 is 0 Å². The predicted octanol–water partition coefficient (Wildman–Crippen LogP) is 4.32. The molecule has 28 heavy (non-hydrogen) atoms. The van der Waals surface area contributed by atoms with Crippen molar-refractivity contribution in [3.63, 3.8) is 0 Å². The van der Waals surface area contributed by atoms with Crippen LogP contribution < -0.4 is 14.8 Å². The molecule has 146 valence electrons. The van der Waals surface area contributed by atoms with Crippen molar-refractivity contribution in [1.82, 2.24) is 10.3 Å². The largest absolute Gasteiger partial charge is 0.497 e. The SMILES string of the molecule is COc1ccc(CCNC(=O)c2sc(COc3ccc(C)cc3)nc2C)cc1. The zero-order valence-corrected chi connectivity index (χ0v) is 17.1. The Morgan fingerprint density at radius 1 is 1.04 bits per heavy atom. The lowest BCUT2D eigenvalue weighted by molar-refractivity contribution is 0.0957. The molecule has 3 aromatic rings. The van der Waals surface area contributed by atoms with E-state index in [1.807, 2.05) is 62.4 Å². The first kappa shape index (κ1) is 19.9. The summed E-state index contributed by atoms with van der Waals surface area (Å²) in [6.45, 7) is 4.81. The van der Waals surface area contributed by atoms with Gasteiger partial charge in [-0.2, -0.15) is 0 Å². The molecular formula is C22H24N2O3S. The van der Waals surface area contributed by atoms with Gasteiger partial charge in [-0.05, 0) is 50.1 Å². The quantitative estimate of drug-likeness (QED) is 0.616. The summed E-state index contributed by atoms with van der Waals surface area (Å²) in [6.07, 6.45) is 0.761. The lowest BCUT2D eigenvalue weighted by atomic mass is 10.1. The van der Waals surface area contributed by atoms with E-state index < -0.39 is 0 Å². The van der Waals surface area contributed by atoms with E-state index in [0.29, 0.717) is 18.0 Å². The smallest absolute Gasteiger partial charge is 0.263 e. The van der Waals surface area contributed by atoms with Gasteiger partial charge in [0.25, 0.3) is 5.91 Å². The molecule has 6 heteroatoms. The number of rotatable bonds is 8. The van der Waals surface area contributed by atoms with Crippen LogP contribution in [-0.2, 0) is 13.0 Å². The van der Waals surface area contributed by atoms with Gasteiger partial charge in [-0.3, -0.25) is 4.79 Å². The molecular weight excluding hydrogens is 372 g/mol. The summed E-state index contributed by atoms with van der Waals surface area (Å²) in [4.78, 5) is 17.6. The van der Waals surface area contributed by atoms with Crippen LogP contribution in [0.25, 0.3) is 0 Å². The number of nitrogens with zero attached hydrogens (tertiary/aromatic N) is 1. The zero-order valence-electron chi connectivity index (χ0n) is 16.3. The van der Waals surface area contributed by atoms with Gasteiger partial charge >= 0.3 is 0 Å². The van der Waals surface area contributed by atoms with Crippen LogP contribution in [0.2, 0.25) is 0 Å². The van der Waals surface area contributed by atoms with Crippen molar-refractivity contribution in [2.75, 3.05) is 13.7 Å². The number of amides is 1. The Balaban J connectivity index is 1.51. The average Bonchev–Trinajstić information content (AvgIpc) is 3.09. The Bertz CT molecular complexity index is 918. The summed E-state index contributed by atoms with van der Waals surface area (Å²) in [7, 11) is 1.65. The summed E-state index contributed by atoms with van der Waals surface area (Å²) in [5, 5.41) is 3.76. The maximum Gasteiger partial charge on any atom is 0.263 e. The number of carbonyl (C=O) groups excluding carboxylic acids is 1. The normalized spacial score (nSPS) is 10.5. The van der Waals surface area contributed by atoms with Crippen LogP contribution in [0.1, 0.15) is 31.5 Å². The lowest BCUT2D eigenvalue weighted by Gasteiger charge is -2.05. The van der Waals surface area contributed by atoms with Gasteiger partial charge in [-0.15, -0.1) is 11.3 Å². The molecule has 1 N–H and O–H groups in total. The van der Waals surface area contributed by atoms with E-state index in [4.69, 9.17) is 9.47 Å². The minimum Gasteiger partial charge on any atom is -0.497 e. The van der Waals surface area contributed by atoms with E-state index in [1.54, 1.807) is 7.11 Å². The number of hydrogen-bond acceptors (Lipinski definition) is 5. The second-order valence-corrected chi connectivity index (χ2v) is 7.56. The van der Waals surface area contributed by atoms with Crippen LogP contribution in [0.3, 0.4) is 0 Å². The Labute approximate surface area is 169 Å². The van der Waals surface area contributed by atoms with E-state index in [0.717, 1.165) is 34.2 Å². The number of thiazole rings is 1. The topological polar surface area (TPSA) is 60.5 Å². The predicted molar refractivity (Wildman–Crippen MR) is 111 cm³/mol. The van der Waals surface area contributed by atoms with Gasteiger partial charge in [-0.25, -0.2) is 4.98 Å². The van der Waals surface area contributed by atoms with Gasteiger partial charge in [0, 0.05) is 6.54 Å². The van der Waals surface area contributed by atoms with Crippen LogP contribution in [-0.4, -0.2) is 24.5 Å². The zero-order chi connectivity index (χ0) is 19.9. The van der Waals surface area contributed by atoms with Crippen molar-refractivity contribution in [3.05, 3.63) is 75.2 Å². The maximum absolute atomic E-state index is 12.5. The number of methoxy groups -OCH3 is 1. The van der Waals surface area contributed by atoms with Gasteiger partial charge in [0.05, 0.1) is 12.8 Å². The third kappa shape index (κ3) is 5.33. The van der Waals surface area contributed by atoms with E-state index in [1.165, 1.54) is 16.9 Å². The molecule has 0 aliphatic carbocycles. The standard InChI is InChI=1S/C22H24N2O3S/c1-15-4-8-19(9-5-15)27-14-20-24-16(2)21(28-20)22(25)23-13-12-17-6-10-18(26-3)11-7-17/h4-11H,12-14H2,1-3H3,(H,23,25). The van der Waals surface area contributed by atoms with E-state index in [2.05, 4.69) is 10.3 Å². The van der Waals surface area contributed by atoms with Crippen LogP contribution in [0.5, 0.6) is 11.5 Å². The van der Waals surface area contributed by atoms with Crippen molar-refractivity contribution < 1.29 is 14.3 Å². The van der Waals surface area contributed by atoms with Gasteiger partial charge in [0.1, 0.15) is 28.0 Å². The molecule has 0 fully saturated rings. The molecule has 0 radical (unpaired) electrons. The molecule has 0 atom stereocenters. The molecule has 1 heterocycles. The van der Waals surface area contributed by atoms with Crippen molar-refractivity contribution in [1.29, 1.82) is 0 Å². The molecule has 0 aliphatic rings. The molecule has 5 nitrogen and oxygen atoms in total. The van der Waals surface area contributed by atoms with Crippen molar-refractivity contribution in [2.45, 2.75) is 26.9 Å². The molecule has 1 aromatic heterocycles. The molecule has 2 aromatic carbocycles. The van der Waals surface area contributed by atoms with Gasteiger partial charge in [-0.1, -0.05) is 29.8 Å². The Kier molecular flexibility index (Phi) is 6.66. The molecule has 0 spiro atoms. The highest BCUT2D eigenvalue weighted by Gasteiger charge is 2.15. The summed E-state index contributed by atoms with van der Waals surface area (Å²) in [6, 6.07) is 15.7. The highest BCUT2D eigenvalue weighted by molar-refractivity contribution is 7.13. The Morgan fingerprint density at radius 2 is 1.71 bits per heavy atom. The summed E-state index contributed by atoms with van der Waals surface area (Å²) in [5.41, 5.74) is 3.06.